The Kier molecular flexibility index (Phi) is 3.27. The van der Waals surface area contributed by atoms with Crippen molar-refractivity contribution in [1.82, 2.24) is 19.5 Å². The molecule has 0 unspecified atom stereocenters. The molecule has 0 spiro atoms. The summed E-state index contributed by atoms with van der Waals surface area (Å²) in [5, 5.41) is 13.7. The van der Waals surface area contributed by atoms with Crippen molar-refractivity contribution in [1.29, 1.82) is 0 Å². The molecular formula is C15H21N5O. The summed E-state index contributed by atoms with van der Waals surface area (Å²) in [6.07, 6.45) is 6.32. The SMILES string of the molecule is OCCN1CCN(c2nccn3nc(C4CC4)cc23)CC1. The quantitative estimate of drug-likeness (QED) is 0.898. The van der Waals surface area contributed by atoms with E-state index in [2.05, 4.69) is 25.9 Å². The maximum absolute atomic E-state index is 9.02. The summed E-state index contributed by atoms with van der Waals surface area (Å²) >= 11 is 0. The van der Waals surface area contributed by atoms with Crippen LogP contribution in [-0.4, -0.2) is 63.9 Å². The number of aliphatic hydroxyl groups excluding tert-OH is 1. The van der Waals surface area contributed by atoms with Crippen molar-refractivity contribution in [2.45, 2.75) is 18.8 Å². The van der Waals surface area contributed by atoms with Crippen LogP contribution in [-0.2, 0) is 0 Å². The van der Waals surface area contributed by atoms with Gasteiger partial charge in [0, 0.05) is 51.0 Å². The molecule has 1 saturated heterocycles. The minimum atomic E-state index is 0.237. The molecule has 0 atom stereocenters. The number of hydrogen-bond donors (Lipinski definition) is 1. The van der Waals surface area contributed by atoms with Crippen molar-refractivity contribution in [3.05, 3.63) is 24.2 Å². The molecule has 3 heterocycles. The molecule has 0 radical (unpaired) electrons. The Balaban J connectivity index is 1.58. The predicted octanol–water partition coefficient (Wildman–Crippen LogP) is 0.721. The van der Waals surface area contributed by atoms with Crippen LogP contribution in [0.5, 0.6) is 0 Å². The predicted molar refractivity (Wildman–Crippen MR) is 80.7 cm³/mol. The van der Waals surface area contributed by atoms with Crippen LogP contribution < -0.4 is 4.90 Å². The zero-order chi connectivity index (χ0) is 14.2. The van der Waals surface area contributed by atoms with E-state index in [1.807, 2.05) is 16.9 Å². The molecule has 1 saturated carbocycles. The van der Waals surface area contributed by atoms with E-state index in [0.29, 0.717) is 5.92 Å². The van der Waals surface area contributed by atoms with Gasteiger partial charge in [0.2, 0.25) is 0 Å². The van der Waals surface area contributed by atoms with Crippen molar-refractivity contribution in [2.24, 2.45) is 0 Å². The highest BCUT2D eigenvalue weighted by Gasteiger charge is 2.27. The first kappa shape index (κ1) is 13.0. The van der Waals surface area contributed by atoms with Crippen LogP contribution in [0, 0.1) is 0 Å². The van der Waals surface area contributed by atoms with E-state index >= 15 is 0 Å². The van der Waals surface area contributed by atoms with E-state index < -0.39 is 0 Å². The second-order valence-electron chi connectivity index (χ2n) is 5.98. The summed E-state index contributed by atoms with van der Waals surface area (Å²) in [6, 6.07) is 2.21. The van der Waals surface area contributed by atoms with Crippen LogP contribution in [0.2, 0.25) is 0 Å². The maximum Gasteiger partial charge on any atom is 0.154 e. The summed E-state index contributed by atoms with van der Waals surface area (Å²) in [5.74, 6) is 1.71. The average molecular weight is 287 g/mol. The molecule has 2 aliphatic rings. The summed E-state index contributed by atoms with van der Waals surface area (Å²) in [7, 11) is 0. The van der Waals surface area contributed by atoms with Gasteiger partial charge in [-0.1, -0.05) is 0 Å². The van der Waals surface area contributed by atoms with Gasteiger partial charge < -0.3 is 10.0 Å². The van der Waals surface area contributed by atoms with Gasteiger partial charge in [-0.3, -0.25) is 4.90 Å². The van der Waals surface area contributed by atoms with Gasteiger partial charge in [-0.2, -0.15) is 5.10 Å². The third-order valence-electron chi connectivity index (χ3n) is 4.47. The molecule has 1 N–H and O–H groups in total. The number of aliphatic hydroxyl groups is 1. The van der Waals surface area contributed by atoms with E-state index in [9.17, 15) is 0 Å². The summed E-state index contributed by atoms with van der Waals surface area (Å²) < 4.78 is 1.97. The van der Waals surface area contributed by atoms with E-state index in [-0.39, 0.29) is 6.61 Å². The molecule has 6 nitrogen and oxygen atoms in total. The lowest BCUT2D eigenvalue weighted by Crippen LogP contribution is -2.47. The Hall–Kier alpha value is -1.66. The maximum atomic E-state index is 9.02. The third kappa shape index (κ3) is 2.49. The number of hydrogen-bond acceptors (Lipinski definition) is 5. The first-order chi connectivity index (χ1) is 10.3. The topological polar surface area (TPSA) is 56.9 Å². The number of β-amino-alcohol motifs (C(OH)–C–C–N with tert-alkyl or cyclic N) is 1. The highest BCUT2D eigenvalue weighted by molar-refractivity contribution is 5.69. The van der Waals surface area contributed by atoms with Gasteiger partial charge in [0.15, 0.2) is 5.82 Å². The zero-order valence-electron chi connectivity index (χ0n) is 12.1. The van der Waals surface area contributed by atoms with Crippen LogP contribution in [0.1, 0.15) is 24.5 Å². The number of anilines is 1. The molecule has 1 aliphatic carbocycles. The number of fused-ring (bicyclic) bond motifs is 1. The van der Waals surface area contributed by atoms with E-state index in [4.69, 9.17) is 5.11 Å². The molecule has 21 heavy (non-hydrogen) atoms. The lowest BCUT2D eigenvalue weighted by atomic mass is 10.2. The second kappa shape index (κ2) is 5.27. The largest absolute Gasteiger partial charge is 0.395 e. The van der Waals surface area contributed by atoms with Gasteiger partial charge in [0.05, 0.1) is 12.3 Å². The lowest BCUT2D eigenvalue weighted by molar-refractivity contribution is 0.188. The first-order valence-electron chi connectivity index (χ1n) is 7.77. The molecule has 4 rings (SSSR count). The summed E-state index contributed by atoms with van der Waals surface area (Å²) in [4.78, 5) is 9.22. The van der Waals surface area contributed by atoms with Gasteiger partial charge in [-0.15, -0.1) is 0 Å². The van der Waals surface area contributed by atoms with Crippen LogP contribution in [0.3, 0.4) is 0 Å². The van der Waals surface area contributed by atoms with Gasteiger partial charge >= 0.3 is 0 Å². The van der Waals surface area contributed by atoms with Crippen LogP contribution in [0.4, 0.5) is 5.82 Å². The number of aromatic nitrogens is 3. The molecule has 112 valence electrons. The van der Waals surface area contributed by atoms with Crippen molar-refractivity contribution in [3.63, 3.8) is 0 Å². The summed E-state index contributed by atoms with van der Waals surface area (Å²) in [6.45, 7) is 4.87. The first-order valence-corrected chi connectivity index (χ1v) is 7.77. The monoisotopic (exact) mass is 287 g/mol. The molecule has 0 amide bonds. The zero-order valence-corrected chi connectivity index (χ0v) is 12.1. The minimum absolute atomic E-state index is 0.237. The summed E-state index contributed by atoms with van der Waals surface area (Å²) in [5.41, 5.74) is 2.33. The fourth-order valence-corrected chi connectivity index (χ4v) is 3.07. The smallest absolute Gasteiger partial charge is 0.154 e. The lowest BCUT2D eigenvalue weighted by Gasteiger charge is -2.35. The molecule has 0 aromatic carbocycles. The highest BCUT2D eigenvalue weighted by atomic mass is 16.3. The Morgan fingerprint density at radius 2 is 2.00 bits per heavy atom. The van der Waals surface area contributed by atoms with E-state index in [1.54, 1.807) is 0 Å². The Bertz CT molecular complexity index is 628. The molecular weight excluding hydrogens is 266 g/mol. The molecule has 1 aliphatic heterocycles. The van der Waals surface area contributed by atoms with Gasteiger partial charge in [-0.05, 0) is 18.9 Å². The second-order valence-corrected chi connectivity index (χ2v) is 5.98. The van der Waals surface area contributed by atoms with Crippen molar-refractivity contribution in [3.8, 4) is 0 Å². The number of nitrogens with zero attached hydrogens (tertiary/aromatic N) is 5. The average Bonchev–Trinajstić information content (AvgIpc) is 3.27. The standard InChI is InChI=1S/C15H21N5O/c21-10-9-18-5-7-19(8-6-18)15-14-11-13(12-1-2-12)17-20(14)4-3-16-15/h3-4,11-12,21H,1-2,5-10H2. The fraction of sp³-hybridized carbons (Fsp3) is 0.600. The minimum Gasteiger partial charge on any atom is -0.395 e. The fourth-order valence-electron chi connectivity index (χ4n) is 3.07. The van der Waals surface area contributed by atoms with Crippen LogP contribution in [0.15, 0.2) is 18.5 Å². The highest BCUT2D eigenvalue weighted by Crippen LogP contribution is 2.40. The third-order valence-corrected chi connectivity index (χ3v) is 4.47. The van der Waals surface area contributed by atoms with Crippen LogP contribution >= 0.6 is 0 Å². The Labute approximate surface area is 124 Å². The van der Waals surface area contributed by atoms with Crippen molar-refractivity contribution in [2.75, 3.05) is 44.2 Å². The Morgan fingerprint density at radius 3 is 2.71 bits per heavy atom. The van der Waals surface area contributed by atoms with Crippen LogP contribution in [0.25, 0.3) is 5.52 Å². The normalized spacial score (nSPS) is 20.3. The van der Waals surface area contributed by atoms with Gasteiger partial charge in [0.25, 0.3) is 0 Å². The van der Waals surface area contributed by atoms with Crippen molar-refractivity contribution < 1.29 is 5.11 Å². The van der Waals surface area contributed by atoms with Crippen molar-refractivity contribution >= 4 is 11.3 Å². The van der Waals surface area contributed by atoms with Gasteiger partial charge in [-0.25, -0.2) is 9.50 Å². The molecule has 2 aromatic rings. The van der Waals surface area contributed by atoms with E-state index in [1.165, 1.54) is 18.5 Å². The molecule has 6 heteroatoms. The molecule has 0 bridgehead atoms. The van der Waals surface area contributed by atoms with E-state index in [0.717, 1.165) is 44.1 Å². The Morgan fingerprint density at radius 1 is 1.19 bits per heavy atom. The number of rotatable bonds is 4. The van der Waals surface area contributed by atoms with Gasteiger partial charge in [0.1, 0.15) is 5.52 Å². The molecule has 2 fully saturated rings. The number of piperazine rings is 1. The molecule has 2 aromatic heterocycles.